The Labute approximate surface area is 169 Å². The van der Waals surface area contributed by atoms with E-state index >= 15 is 0 Å². The molecule has 0 aliphatic carbocycles. The fraction of sp³-hybridized carbons (Fsp3) is 0.571. The van der Waals surface area contributed by atoms with Crippen LogP contribution >= 0.6 is 23.1 Å². The zero-order chi connectivity index (χ0) is 18.9. The third kappa shape index (κ3) is 4.13. The Morgan fingerprint density at radius 1 is 1.19 bits per heavy atom. The van der Waals surface area contributed by atoms with Crippen molar-refractivity contribution in [3.05, 3.63) is 23.7 Å². The van der Waals surface area contributed by atoms with Crippen LogP contribution in [0.1, 0.15) is 64.1 Å². The zero-order valence-corrected chi connectivity index (χ0v) is 18.0. The molecule has 3 aromatic rings. The van der Waals surface area contributed by atoms with Gasteiger partial charge in [0.2, 0.25) is 0 Å². The summed E-state index contributed by atoms with van der Waals surface area (Å²) in [6.45, 7) is 7.15. The Hall–Kier alpha value is -1.24. The SMILES string of the molecule is CCCCCCCSc1ncnc2c1sc1nc3c(cc12)COC(C)(C)C3. The second-order valence-electron chi connectivity index (χ2n) is 7.89. The molecule has 0 aromatic carbocycles. The minimum absolute atomic E-state index is 0.136. The monoisotopic (exact) mass is 401 g/mol. The van der Waals surface area contributed by atoms with E-state index in [2.05, 4.69) is 36.8 Å². The number of fused-ring (bicyclic) bond motifs is 4. The molecule has 0 bridgehead atoms. The zero-order valence-electron chi connectivity index (χ0n) is 16.4. The van der Waals surface area contributed by atoms with Crippen molar-refractivity contribution in [2.45, 2.75) is 76.5 Å². The number of thiophene rings is 1. The third-order valence-electron chi connectivity index (χ3n) is 5.08. The molecule has 0 fully saturated rings. The van der Waals surface area contributed by atoms with Crippen molar-refractivity contribution in [2.24, 2.45) is 0 Å². The van der Waals surface area contributed by atoms with E-state index < -0.39 is 0 Å². The molecule has 4 heterocycles. The van der Waals surface area contributed by atoms with Crippen molar-refractivity contribution >= 4 is 43.5 Å². The summed E-state index contributed by atoms with van der Waals surface area (Å²) in [5.41, 5.74) is 3.27. The van der Waals surface area contributed by atoms with Crippen LogP contribution < -0.4 is 0 Å². The lowest BCUT2D eigenvalue weighted by molar-refractivity contribution is -0.0411. The lowest BCUT2D eigenvalue weighted by atomic mass is 9.95. The van der Waals surface area contributed by atoms with Crippen molar-refractivity contribution in [2.75, 3.05) is 5.75 Å². The van der Waals surface area contributed by atoms with Crippen LogP contribution in [0.15, 0.2) is 17.4 Å². The summed E-state index contributed by atoms with van der Waals surface area (Å²) >= 11 is 3.60. The van der Waals surface area contributed by atoms with E-state index in [0.717, 1.165) is 32.9 Å². The van der Waals surface area contributed by atoms with E-state index in [-0.39, 0.29) is 5.60 Å². The molecule has 1 aliphatic rings. The molecule has 4 nitrogen and oxygen atoms in total. The van der Waals surface area contributed by atoms with E-state index in [0.29, 0.717) is 6.61 Å². The predicted molar refractivity (Wildman–Crippen MR) is 115 cm³/mol. The molecule has 0 saturated heterocycles. The van der Waals surface area contributed by atoms with Crippen LogP contribution in [0, 0.1) is 0 Å². The van der Waals surface area contributed by atoms with E-state index in [4.69, 9.17) is 9.72 Å². The summed E-state index contributed by atoms with van der Waals surface area (Å²) in [6.07, 6.45) is 9.10. The van der Waals surface area contributed by atoms with Gasteiger partial charge in [0.05, 0.1) is 28.1 Å². The second-order valence-corrected chi connectivity index (χ2v) is 9.98. The largest absolute Gasteiger partial charge is 0.370 e. The van der Waals surface area contributed by atoms with E-state index in [1.165, 1.54) is 48.1 Å². The number of rotatable bonds is 7. The highest BCUT2D eigenvalue weighted by Crippen LogP contribution is 2.39. The predicted octanol–water partition coefficient (Wildman–Crippen LogP) is 6.15. The fourth-order valence-corrected chi connectivity index (χ4v) is 5.75. The fourth-order valence-electron chi connectivity index (χ4n) is 3.54. The molecule has 0 spiro atoms. The second kappa shape index (κ2) is 8.02. The van der Waals surface area contributed by atoms with Crippen LogP contribution in [0.5, 0.6) is 0 Å². The number of nitrogens with zero attached hydrogens (tertiary/aromatic N) is 3. The van der Waals surface area contributed by atoms with Crippen LogP contribution in [0.2, 0.25) is 0 Å². The molecule has 27 heavy (non-hydrogen) atoms. The van der Waals surface area contributed by atoms with E-state index in [1.54, 1.807) is 17.7 Å². The molecule has 0 unspecified atom stereocenters. The average Bonchev–Trinajstić information content (AvgIpc) is 3.00. The highest BCUT2D eigenvalue weighted by atomic mass is 32.2. The van der Waals surface area contributed by atoms with Gasteiger partial charge in [-0.25, -0.2) is 15.0 Å². The third-order valence-corrected chi connectivity index (χ3v) is 7.38. The molecular formula is C21H27N3OS2. The van der Waals surface area contributed by atoms with Crippen LogP contribution in [0.25, 0.3) is 20.4 Å². The Morgan fingerprint density at radius 3 is 2.89 bits per heavy atom. The number of hydrogen-bond acceptors (Lipinski definition) is 6. The van der Waals surface area contributed by atoms with Crippen molar-refractivity contribution in [1.82, 2.24) is 15.0 Å². The van der Waals surface area contributed by atoms with Gasteiger partial charge >= 0.3 is 0 Å². The summed E-state index contributed by atoms with van der Waals surface area (Å²) in [4.78, 5) is 15.2. The Balaban J connectivity index is 1.60. The molecule has 1 aliphatic heterocycles. The van der Waals surface area contributed by atoms with Crippen LogP contribution in [-0.4, -0.2) is 26.3 Å². The van der Waals surface area contributed by atoms with Crippen molar-refractivity contribution in [3.63, 3.8) is 0 Å². The average molecular weight is 402 g/mol. The lowest BCUT2D eigenvalue weighted by Gasteiger charge is -2.30. The van der Waals surface area contributed by atoms with Crippen LogP contribution in [0.3, 0.4) is 0 Å². The summed E-state index contributed by atoms with van der Waals surface area (Å²) in [6, 6.07) is 2.23. The first-order valence-electron chi connectivity index (χ1n) is 9.90. The molecule has 0 atom stereocenters. The van der Waals surface area contributed by atoms with Crippen LogP contribution in [-0.2, 0) is 17.8 Å². The van der Waals surface area contributed by atoms with E-state index in [9.17, 15) is 0 Å². The maximum absolute atomic E-state index is 5.97. The molecule has 4 rings (SSSR count). The molecule has 0 amide bonds. The highest BCUT2D eigenvalue weighted by molar-refractivity contribution is 7.99. The van der Waals surface area contributed by atoms with Crippen molar-refractivity contribution in [1.29, 1.82) is 0 Å². The van der Waals surface area contributed by atoms with E-state index in [1.807, 2.05) is 11.8 Å². The maximum Gasteiger partial charge on any atom is 0.126 e. The molecule has 0 N–H and O–H groups in total. The molecule has 0 radical (unpaired) electrons. The Kier molecular flexibility index (Phi) is 5.67. The number of ether oxygens (including phenoxy) is 1. The molecule has 144 valence electrons. The number of thioether (sulfide) groups is 1. The van der Waals surface area contributed by atoms with Gasteiger partial charge < -0.3 is 4.74 Å². The molecule has 3 aromatic heterocycles. The Bertz CT molecular complexity index is 951. The first-order valence-corrected chi connectivity index (χ1v) is 11.7. The molecular weight excluding hydrogens is 374 g/mol. The number of aromatic nitrogens is 3. The van der Waals surface area contributed by atoms with Crippen molar-refractivity contribution in [3.8, 4) is 0 Å². The normalized spacial score (nSPS) is 16.1. The quantitative estimate of drug-likeness (QED) is 0.270. The number of hydrogen-bond donors (Lipinski definition) is 0. The van der Waals surface area contributed by atoms with Gasteiger partial charge in [-0.2, -0.15) is 0 Å². The maximum atomic E-state index is 5.97. The summed E-state index contributed by atoms with van der Waals surface area (Å²) in [7, 11) is 0. The lowest BCUT2D eigenvalue weighted by Crippen LogP contribution is -2.32. The standard InChI is InChI=1S/C21H27N3OS2/c1-4-5-6-7-8-9-26-20-18-17(22-13-23-20)15-10-14-12-25-21(2,3)11-16(14)24-19(15)27-18/h10,13H,4-9,11-12H2,1-3H3. The highest BCUT2D eigenvalue weighted by Gasteiger charge is 2.28. The van der Waals surface area contributed by atoms with Gasteiger partial charge in [-0.1, -0.05) is 32.6 Å². The van der Waals surface area contributed by atoms with Gasteiger partial charge in [-0.3, -0.25) is 0 Å². The number of unbranched alkanes of at least 4 members (excludes halogenated alkanes) is 4. The molecule has 6 heteroatoms. The smallest absolute Gasteiger partial charge is 0.126 e. The minimum atomic E-state index is -0.136. The van der Waals surface area contributed by atoms with Gasteiger partial charge in [0.15, 0.2) is 0 Å². The van der Waals surface area contributed by atoms with Gasteiger partial charge in [0.1, 0.15) is 16.2 Å². The summed E-state index contributed by atoms with van der Waals surface area (Å²) < 4.78 is 7.15. The summed E-state index contributed by atoms with van der Waals surface area (Å²) in [5.74, 6) is 1.12. The first kappa shape index (κ1) is 19.1. The Morgan fingerprint density at radius 2 is 2.04 bits per heavy atom. The van der Waals surface area contributed by atoms with Crippen molar-refractivity contribution < 1.29 is 4.74 Å². The van der Waals surface area contributed by atoms with Gasteiger partial charge in [0, 0.05) is 17.4 Å². The number of pyridine rings is 1. The molecule has 0 saturated carbocycles. The minimum Gasteiger partial charge on any atom is -0.370 e. The summed E-state index contributed by atoms with van der Waals surface area (Å²) in [5, 5.41) is 2.25. The van der Waals surface area contributed by atoms with Gasteiger partial charge in [0.25, 0.3) is 0 Å². The van der Waals surface area contributed by atoms with Crippen LogP contribution in [0.4, 0.5) is 0 Å². The van der Waals surface area contributed by atoms with Gasteiger partial charge in [-0.15, -0.1) is 23.1 Å². The topological polar surface area (TPSA) is 47.9 Å². The first-order chi connectivity index (χ1) is 13.1. The van der Waals surface area contributed by atoms with Gasteiger partial charge in [-0.05, 0) is 32.1 Å².